The number of pyridine rings is 1. The zero-order chi connectivity index (χ0) is 27.0. The highest BCUT2D eigenvalue weighted by Gasteiger charge is 2.35. The lowest BCUT2D eigenvalue weighted by atomic mass is 9.98. The average Bonchev–Trinajstić information content (AvgIpc) is 3.41. The summed E-state index contributed by atoms with van der Waals surface area (Å²) in [4.78, 5) is 21.4. The number of aromatic nitrogens is 5. The van der Waals surface area contributed by atoms with E-state index >= 15 is 0 Å². The first-order valence-electron chi connectivity index (χ1n) is 13.3. The number of rotatable bonds is 7. The van der Waals surface area contributed by atoms with E-state index in [-0.39, 0.29) is 17.1 Å². The van der Waals surface area contributed by atoms with Gasteiger partial charge in [-0.3, -0.25) is 9.69 Å². The quantitative estimate of drug-likeness (QED) is 0.394. The summed E-state index contributed by atoms with van der Waals surface area (Å²) in [6, 6.07) is 14.0. The van der Waals surface area contributed by atoms with Crippen LogP contribution in [0.3, 0.4) is 0 Å². The molecule has 1 fully saturated rings. The van der Waals surface area contributed by atoms with Crippen molar-refractivity contribution in [1.29, 1.82) is 0 Å². The first kappa shape index (κ1) is 25.9. The summed E-state index contributed by atoms with van der Waals surface area (Å²) in [5.41, 5.74) is 4.62. The molecule has 4 aromatic rings. The Bertz CT molecular complexity index is 1480. The largest absolute Gasteiger partial charge is 0.497 e. The molecule has 1 saturated heterocycles. The van der Waals surface area contributed by atoms with Crippen LogP contribution in [0.25, 0.3) is 10.9 Å². The van der Waals surface area contributed by atoms with Crippen molar-refractivity contribution in [1.82, 2.24) is 30.1 Å². The van der Waals surface area contributed by atoms with Gasteiger partial charge in [-0.15, -0.1) is 5.10 Å². The van der Waals surface area contributed by atoms with Crippen LogP contribution in [0, 0.1) is 13.8 Å². The van der Waals surface area contributed by atoms with Gasteiger partial charge in [0.2, 0.25) is 0 Å². The molecule has 1 aliphatic rings. The summed E-state index contributed by atoms with van der Waals surface area (Å²) < 4.78 is 7.22. The van der Waals surface area contributed by atoms with Crippen LogP contribution in [0.15, 0.2) is 47.3 Å². The molecule has 0 aliphatic carbocycles. The molecule has 1 aliphatic heterocycles. The number of H-pyrrole nitrogens is 1. The van der Waals surface area contributed by atoms with Gasteiger partial charge in [-0.25, -0.2) is 4.68 Å². The fraction of sp³-hybridized carbons (Fsp3) is 0.448. The van der Waals surface area contributed by atoms with Crippen LogP contribution in [0.1, 0.15) is 55.7 Å². The van der Waals surface area contributed by atoms with E-state index in [9.17, 15) is 4.79 Å². The Balaban J connectivity index is 1.55. The van der Waals surface area contributed by atoms with Crippen LogP contribution in [0.5, 0.6) is 5.75 Å². The van der Waals surface area contributed by atoms with Crippen LogP contribution in [0.2, 0.25) is 0 Å². The highest BCUT2D eigenvalue weighted by atomic mass is 16.5. The fourth-order valence-electron chi connectivity index (χ4n) is 5.17. The number of aryl methyl sites for hydroxylation is 2. The van der Waals surface area contributed by atoms with E-state index in [1.54, 1.807) is 7.11 Å². The number of nitrogens with one attached hydrogen (secondary N) is 1. The molecule has 3 heterocycles. The summed E-state index contributed by atoms with van der Waals surface area (Å²) in [7, 11) is 1.68. The number of benzene rings is 2. The van der Waals surface area contributed by atoms with Gasteiger partial charge in [0.1, 0.15) is 11.8 Å². The van der Waals surface area contributed by atoms with E-state index < -0.39 is 0 Å². The maximum atomic E-state index is 13.6. The molecule has 0 unspecified atom stereocenters. The maximum Gasteiger partial charge on any atom is 0.253 e. The molecule has 38 heavy (non-hydrogen) atoms. The van der Waals surface area contributed by atoms with E-state index in [0.717, 1.165) is 60.5 Å². The number of tetrazole rings is 1. The Hall–Kier alpha value is -3.72. The van der Waals surface area contributed by atoms with E-state index in [1.807, 2.05) is 28.9 Å². The summed E-state index contributed by atoms with van der Waals surface area (Å²) in [5.74, 6) is 1.54. The van der Waals surface area contributed by atoms with Gasteiger partial charge in [-0.1, -0.05) is 6.92 Å². The minimum absolute atomic E-state index is 0.104. The van der Waals surface area contributed by atoms with Crippen molar-refractivity contribution in [3.63, 3.8) is 0 Å². The summed E-state index contributed by atoms with van der Waals surface area (Å²) in [5, 5.41) is 14.0. The Kier molecular flexibility index (Phi) is 6.96. The van der Waals surface area contributed by atoms with E-state index in [2.05, 4.69) is 83.1 Å². The van der Waals surface area contributed by atoms with Crippen molar-refractivity contribution >= 4 is 16.6 Å². The van der Waals surface area contributed by atoms with Gasteiger partial charge < -0.3 is 14.6 Å². The van der Waals surface area contributed by atoms with E-state index in [1.165, 1.54) is 5.56 Å². The smallest absolute Gasteiger partial charge is 0.253 e. The van der Waals surface area contributed by atoms with Gasteiger partial charge in [0, 0.05) is 42.9 Å². The molecule has 0 saturated carbocycles. The monoisotopic (exact) mass is 515 g/mol. The molecule has 1 N–H and O–H groups in total. The molecule has 9 heteroatoms. The molecule has 200 valence electrons. The van der Waals surface area contributed by atoms with Crippen LogP contribution < -0.4 is 15.2 Å². The molecular weight excluding hydrogens is 478 g/mol. The SMILES string of the molecule is CCC(C)(C)n1nnnc1[C@@H](c1cc2cc(C)c(C)cc2[nH]c1=O)N1CCN(c2ccc(OC)cc2)CC1. The maximum absolute atomic E-state index is 13.6. The third kappa shape index (κ3) is 4.78. The third-order valence-corrected chi connectivity index (χ3v) is 8.08. The van der Waals surface area contributed by atoms with E-state index in [0.29, 0.717) is 11.4 Å². The summed E-state index contributed by atoms with van der Waals surface area (Å²) in [6.45, 7) is 13.7. The fourth-order valence-corrected chi connectivity index (χ4v) is 5.17. The highest BCUT2D eigenvalue weighted by Crippen LogP contribution is 2.32. The molecule has 0 bridgehead atoms. The Labute approximate surface area is 223 Å². The number of fused-ring (bicyclic) bond motifs is 1. The van der Waals surface area contributed by atoms with Gasteiger partial charge in [0.25, 0.3) is 5.56 Å². The summed E-state index contributed by atoms with van der Waals surface area (Å²) in [6.07, 6.45) is 0.857. The van der Waals surface area contributed by atoms with Gasteiger partial charge in [0.15, 0.2) is 5.82 Å². The molecule has 1 atom stereocenters. The first-order chi connectivity index (χ1) is 18.2. The van der Waals surface area contributed by atoms with Gasteiger partial charge in [-0.05, 0) is 104 Å². The number of ether oxygens (including phenoxy) is 1. The van der Waals surface area contributed by atoms with Crippen molar-refractivity contribution in [3.05, 3.63) is 75.3 Å². The van der Waals surface area contributed by atoms with Crippen LogP contribution in [-0.2, 0) is 5.54 Å². The van der Waals surface area contributed by atoms with Crippen LogP contribution >= 0.6 is 0 Å². The second kappa shape index (κ2) is 10.2. The zero-order valence-corrected chi connectivity index (χ0v) is 23.2. The molecule has 0 radical (unpaired) electrons. The molecular formula is C29H37N7O2. The number of hydrogen-bond donors (Lipinski definition) is 1. The standard InChI is InChI=1S/C29H37N7O2/c1-7-29(4,5)36-27(31-32-33-36)26(24-18-21-16-19(2)20(3)17-25(21)30-28(24)37)35-14-12-34(13-15-35)22-8-10-23(38-6)11-9-22/h8-11,16-18,26H,7,12-15H2,1-6H3,(H,30,37)/t26-/m1/s1. The molecule has 9 nitrogen and oxygen atoms in total. The lowest BCUT2D eigenvalue weighted by Crippen LogP contribution is -2.49. The predicted octanol–water partition coefficient (Wildman–Crippen LogP) is 4.20. The lowest BCUT2D eigenvalue weighted by molar-refractivity contribution is 0.186. The van der Waals surface area contributed by atoms with Crippen molar-refractivity contribution in [2.24, 2.45) is 0 Å². The summed E-state index contributed by atoms with van der Waals surface area (Å²) >= 11 is 0. The Morgan fingerprint density at radius 3 is 2.37 bits per heavy atom. The number of aromatic amines is 1. The second-order valence-corrected chi connectivity index (χ2v) is 10.8. The number of piperazine rings is 1. The van der Waals surface area contributed by atoms with Crippen LogP contribution in [0.4, 0.5) is 5.69 Å². The van der Waals surface area contributed by atoms with Crippen molar-refractivity contribution in [3.8, 4) is 5.75 Å². The first-order valence-corrected chi connectivity index (χ1v) is 13.3. The number of anilines is 1. The minimum Gasteiger partial charge on any atom is -0.497 e. The predicted molar refractivity (Wildman–Crippen MR) is 150 cm³/mol. The van der Waals surface area contributed by atoms with Gasteiger partial charge in [-0.2, -0.15) is 0 Å². The Morgan fingerprint density at radius 2 is 1.71 bits per heavy atom. The number of methoxy groups -OCH3 is 1. The van der Waals surface area contributed by atoms with Crippen molar-refractivity contribution in [2.75, 3.05) is 38.2 Å². The minimum atomic E-state index is -0.372. The highest BCUT2D eigenvalue weighted by molar-refractivity contribution is 5.81. The van der Waals surface area contributed by atoms with Gasteiger partial charge in [0.05, 0.1) is 12.6 Å². The molecule has 0 spiro atoms. The number of nitrogens with zero attached hydrogens (tertiary/aromatic N) is 6. The Morgan fingerprint density at radius 1 is 1.03 bits per heavy atom. The lowest BCUT2D eigenvalue weighted by Gasteiger charge is -2.40. The van der Waals surface area contributed by atoms with E-state index in [4.69, 9.17) is 4.74 Å². The molecule has 2 aromatic carbocycles. The molecule has 0 amide bonds. The van der Waals surface area contributed by atoms with Crippen LogP contribution in [-0.4, -0.2) is 63.4 Å². The van der Waals surface area contributed by atoms with Crippen molar-refractivity contribution in [2.45, 2.75) is 52.6 Å². The third-order valence-electron chi connectivity index (χ3n) is 8.08. The topological polar surface area (TPSA) is 92.2 Å². The number of hydrogen-bond acceptors (Lipinski definition) is 7. The van der Waals surface area contributed by atoms with Gasteiger partial charge >= 0.3 is 0 Å². The average molecular weight is 516 g/mol. The van der Waals surface area contributed by atoms with Crippen molar-refractivity contribution < 1.29 is 4.74 Å². The molecule has 2 aromatic heterocycles. The molecule has 5 rings (SSSR count). The second-order valence-electron chi connectivity index (χ2n) is 10.8. The zero-order valence-electron chi connectivity index (χ0n) is 23.2. The normalized spacial score (nSPS) is 15.7.